The normalized spacial score (nSPS) is 13.6. The van der Waals surface area contributed by atoms with Crippen LogP contribution >= 0.6 is 39.0 Å². The Morgan fingerprint density at radius 1 is 1.19 bits per heavy atom. The lowest BCUT2D eigenvalue weighted by molar-refractivity contribution is -0.105. The molecule has 0 unspecified atom stereocenters. The second kappa shape index (κ2) is 7.62. The number of fused-ring (bicyclic) bond motifs is 1. The van der Waals surface area contributed by atoms with Crippen LogP contribution in [-0.2, 0) is 17.6 Å². The van der Waals surface area contributed by atoms with Crippen LogP contribution in [0.3, 0.4) is 0 Å². The zero-order chi connectivity index (χ0) is 18.1. The third-order valence-corrected chi connectivity index (χ3v) is 7.03. The van der Waals surface area contributed by atoms with Gasteiger partial charge in [0.15, 0.2) is 5.16 Å². The van der Waals surface area contributed by atoms with Gasteiger partial charge in [-0.25, -0.2) is 4.39 Å². The van der Waals surface area contributed by atoms with E-state index in [0.29, 0.717) is 15.6 Å². The number of aromatic nitrogens is 3. The van der Waals surface area contributed by atoms with E-state index in [4.69, 9.17) is 0 Å². The molecule has 1 aliphatic carbocycles. The molecular weight excluding hydrogens is 437 g/mol. The predicted octanol–water partition coefficient (Wildman–Crippen LogP) is 5.07. The molecule has 4 rings (SSSR count). The number of carbonyl (C=O) groups is 1. The van der Waals surface area contributed by atoms with Gasteiger partial charge in [0, 0.05) is 4.88 Å². The fourth-order valence-corrected chi connectivity index (χ4v) is 6.00. The standard InChI is InChI=1S/C18H15BrFN3OS2/c19-17-21-22-18(25-10-9-24)23(17)16-14-4-2-1-3-13(14)15(26-16)11-5-7-12(20)8-6-11/h5-9H,1-4,10H2. The zero-order valence-corrected chi connectivity index (χ0v) is 17.0. The van der Waals surface area contributed by atoms with Crippen LogP contribution in [0.25, 0.3) is 15.4 Å². The summed E-state index contributed by atoms with van der Waals surface area (Å²) < 4.78 is 16.0. The van der Waals surface area contributed by atoms with Gasteiger partial charge in [-0.05, 0) is 70.4 Å². The summed E-state index contributed by atoms with van der Waals surface area (Å²) in [6.07, 6.45) is 5.20. The summed E-state index contributed by atoms with van der Waals surface area (Å²) in [5, 5.41) is 10.1. The van der Waals surface area contributed by atoms with E-state index in [-0.39, 0.29) is 5.82 Å². The lowest BCUT2D eigenvalue weighted by atomic mass is 9.91. The molecule has 1 aliphatic rings. The lowest BCUT2D eigenvalue weighted by Crippen LogP contribution is -2.05. The Labute approximate surface area is 167 Å². The first-order valence-electron chi connectivity index (χ1n) is 8.27. The summed E-state index contributed by atoms with van der Waals surface area (Å²) in [6.45, 7) is 0. The van der Waals surface area contributed by atoms with Crippen LogP contribution in [0.1, 0.15) is 24.0 Å². The quantitative estimate of drug-likeness (QED) is 0.401. The van der Waals surface area contributed by atoms with Crippen molar-refractivity contribution in [3.8, 4) is 15.4 Å². The monoisotopic (exact) mass is 451 g/mol. The van der Waals surface area contributed by atoms with Gasteiger partial charge in [0.2, 0.25) is 4.73 Å². The molecule has 0 fully saturated rings. The van der Waals surface area contributed by atoms with Gasteiger partial charge in [-0.1, -0.05) is 23.9 Å². The molecule has 26 heavy (non-hydrogen) atoms. The first kappa shape index (κ1) is 17.9. The number of hydrogen-bond donors (Lipinski definition) is 0. The SMILES string of the molecule is O=CCSc1nnc(Br)n1-c1sc(-c2ccc(F)cc2)c2c1CCCC2. The van der Waals surface area contributed by atoms with Crippen LogP contribution in [0.4, 0.5) is 4.39 Å². The summed E-state index contributed by atoms with van der Waals surface area (Å²) in [7, 11) is 0. The Hall–Kier alpha value is -1.51. The van der Waals surface area contributed by atoms with E-state index >= 15 is 0 Å². The third kappa shape index (κ3) is 3.25. The van der Waals surface area contributed by atoms with E-state index in [1.165, 1.54) is 39.9 Å². The number of carbonyl (C=O) groups excluding carboxylic acids is 1. The lowest BCUT2D eigenvalue weighted by Gasteiger charge is -2.15. The Balaban J connectivity index is 1.87. The molecule has 2 aromatic heterocycles. The van der Waals surface area contributed by atoms with E-state index < -0.39 is 0 Å². The van der Waals surface area contributed by atoms with Gasteiger partial charge in [0.25, 0.3) is 0 Å². The van der Waals surface area contributed by atoms with Crippen LogP contribution in [0, 0.1) is 5.82 Å². The molecule has 2 heterocycles. The number of rotatable bonds is 5. The van der Waals surface area contributed by atoms with E-state index in [1.54, 1.807) is 11.3 Å². The highest BCUT2D eigenvalue weighted by molar-refractivity contribution is 9.10. The molecule has 0 atom stereocenters. The van der Waals surface area contributed by atoms with Crippen LogP contribution in [0.15, 0.2) is 34.2 Å². The molecule has 0 aliphatic heterocycles. The average molecular weight is 452 g/mol. The minimum absolute atomic E-state index is 0.228. The predicted molar refractivity (Wildman–Crippen MR) is 106 cm³/mol. The maximum atomic E-state index is 13.3. The first-order valence-corrected chi connectivity index (χ1v) is 10.9. The minimum Gasteiger partial charge on any atom is -0.302 e. The number of nitrogens with zero attached hydrogens (tertiary/aromatic N) is 3. The van der Waals surface area contributed by atoms with Crippen LogP contribution in [0.5, 0.6) is 0 Å². The van der Waals surface area contributed by atoms with E-state index in [0.717, 1.165) is 42.5 Å². The minimum atomic E-state index is -0.228. The Morgan fingerprint density at radius 3 is 2.65 bits per heavy atom. The first-order chi connectivity index (χ1) is 12.7. The van der Waals surface area contributed by atoms with Gasteiger partial charge in [0.1, 0.15) is 17.1 Å². The fraction of sp³-hybridized carbons (Fsp3) is 0.278. The maximum absolute atomic E-state index is 13.3. The Kier molecular flexibility index (Phi) is 5.24. The molecule has 0 bridgehead atoms. The van der Waals surface area contributed by atoms with E-state index in [9.17, 15) is 9.18 Å². The van der Waals surface area contributed by atoms with Gasteiger partial charge in [-0.3, -0.25) is 4.57 Å². The van der Waals surface area contributed by atoms with Crippen molar-refractivity contribution in [2.75, 3.05) is 5.75 Å². The van der Waals surface area contributed by atoms with E-state index in [1.807, 2.05) is 16.7 Å². The van der Waals surface area contributed by atoms with Crippen molar-refractivity contribution in [3.05, 3.63) is 45.9 Å². The van der Waals surface area contributed by atoms with Crippen molar-refractivity contribution in [2.45, 2.75) is 30.8 Å². The van der Waals surface area contributed by atoms with Crippen molar-refractivity contribution < 1.29 is 9.18 Å². The smallest absolute Gasteiger partial charge is 0.206 e. The highest BCUT2D eigenvalue weighted by Crippen LogP contribution is 2.44. The van der Waals surface area contributed by atoms with Crippen molar-refractivity contribution in [1.82, 2.24) is 14.8 Å². The maximum Gasteiger partial charge on any atom is 0.206 e. The molecule has 0 N–H and O–H groups in total. The number of thiophene rings is 1. The van der Waals surface area contributed by atoms with Crippen molar-refractivity contribution in [1.29, 1.82) is 0 Å². The third-order valence-electron chi connectivity index (χ3n) is 4.38. The molecule has 0 amide bonds. The summed E-state index contributed by atoms with van der Waals surface area (Å²) >= 11 is 6.54. The molecule has 3 aromatic rings. The van der Waals surface area contributed by atoms with Gasteiger partial charge >= 0.3 is 0 Å². The largest absolute Gasteiger partial charge is 0.302 e. The molecule has 1 aromatic carbocycles. The molecule has 0 saturated carbocycles. The topological polar surface area (TPSA) is 47.8 Å². The highest BCUT2D eigenvalue weighted by atomic mass is 79.9. The van der Waals surface area contributed by atoms with Crippen LogP contribution in [-0.4, -0.2) is 26.8 Å². The van der Waals surface area contributed by atoms with Crippen LogP contribution in [0.2, 0.25) is 0 Å². The zero-order valence-electron chi connectivity index (χ0n) is 13.7. The summed E-state index contributed by atoms with van der Waals surface area (Å²) in [4.78, 5) is 11.9. The summed E-state index contributed by atoms with van der Waals surface area (Å²) in [5.74, 6) is 0.109. The number of halogens is 2. The molecule has 0 radical (unpaired) electrons. The second-order valence-corrected chi connectivity index (χ2v) is 8.67. The second-order valence-electron chi connectivity index (χ2n) is 5.97. The average Bonchev–Trinajstić information content (AvgIpc) is 3.21. The number of benzene rings is 1. The molecular formula is C18H15BrFN3OS2. The van der Waals surface area contributed by atoms with E-state index in [2.05, 4.69) is 26.1 Å². The summed E-state index contributed by atoms with van der Waals surface area (Å²) in [5.41, 5.74) is 3.69. The van der Waals surface area contributed by atoms with Gasteiger partial charge in [-0.2, -0.15) is 0 Å². The van der Waals surface area contributed by atoms with Crippen molar-refractivity contribution >= 4 is 45.3 Å². The van der Waals surface area contributed by atoms with Gasteiger partial charge in [0.05, 0.1) is 5.75 Å². The fourth-order valence-electron chi connectivity index (χ4n) is 3.25. The molecule has 0 saturated heterocycles. The van der Waals surface area contributed by atoms with Crippen LogP contribution < -0.4 is 0 Å². The Morgan fingerprint density at radius 2 is 1.92 bits per heavy atom. The molecule has 4 nitrogen and oxygen atoms in total. The number of aldehydes is 1. The number of hydrogen-bond acceptors (Lipinski definition) is 5. The number of thioether (sulfide) groups is 1. The highest BCUT2D eigenvalue weighted by Gasteiger charge is 2.25. The Bertz CT molecular complexity index is 952. The molecule has 134 valence electrons. The molecule has 0 spiro atoms. The van der Waals surface area contributed by atoms with Gasteiger partial charge < -0.3 is 4.79 Å². The van der Waals surface area contributed by atoms with Gasteiger partial charge in [-0.15, -0.1) is 21.5 Å². The molecule has 8 heteroatoms. The summed E-state index contributed by atoms with van der Waals surface area (Å²) in [6, 6.07) is 6.68. The van der Waals surface area contributed by atoms with Crippen molar-refractivity contribution in [3.63, 3.8) is 0 Å². The van der Waals surface area contributed by atoms with Crippen molar-refractivity contribution in [2.24, 2.45) is 0 Å².